The third-order valence-electron chi connectivity index (χ3n) is 3.17. The highest BCUT2D eigenvalue weighted by molar-refractivity contribution is 7.21. The fraction of sp³-hybridized carbons (Fsp3) is 0.133. The highest BCUT2D eigenvalue weighted by atomic mass is 35.5. The van der Waals surface area contributed by atoms with E-state index >= 15 is 0 Å². The second kappa shape index (κ2) is 6.05. The van der Waals surface area contributed by atoms with Gasteiger partial charge in [-0.3, -0.25) is 4.79 Å². The number of thiophene rings is 2. The minimum absolute atomic E-state index is 0.125. The molecular weight excluding hydrogens is 324 g/mol. The first-order valence-electron chi connectivity index (χ1n) is 6.42. The van der Waals surface area contributed by atoms with E-state index in [-0.39, 0.29) is 5.91 Å². The van der Waals surface area contributed by atoms with Crippen molar-refractivity contribution in [3.8, 4) is 0 Å². The molecule has 108 valence electrons. The SMILES string of the molecule is Nc1c(C(=O)NCCc2ccsc2)sc2ccc(Cl)cc12. The van der Waals surface area contributed by atoms with Gasteiger partial charge in [0.15, 0.2) is 0 Å². The number of fused-ring (bicyclic) bond motifs is 1. The first kappa shape index (κ1) is 14.4. The number of nitrogens with two attached hydrogens (primary N) is 1. The molecule has 1 aromatic carbocycles. The maximum absolute atomic E-state index is 12.2. The molecule has 3 rings (SSSR count). The Kier molecular flexibility index (Phi) is 4.14. The summed E-state index contributed by atoms with van der Waals surface area (Å²) >= 11 is 9.02. The number of carbonyl (C=O) groups is 1. The van der Waals surface area contributed by atoms with E-state index in [1.165, 1.54) is 16.9 Å². The van der Waals surface area contributed by atoms with E-state index in [9.17, 15) is 4.79 Å². The van der Waals surface area contributed by atoms with Crippen molar-refractivity contribution in [3.05, 3.63) is 50.5 Å². The third kappa shape index (κ3) is 3.05. The van der Waals surface area contributed by atoms with Crippen molar-refractivity contribution in [2.45, 2.75) is 6.42 Å². The van der Waals surface area contributed by atoms with Gasteiger partial charge in [0, 0.05) is 21.7 Å². The zero-order valence-electron chi connectivity index (χ0n) is 11.1. The van der Waals surface area contributed by atoms with Crippen molar-refractivity contribution in [2.75, 3.05) is 12.3 Å². The van der Waals surface area contributed by atoms with Crippen molar-refractivity contribution < 1.29 is 4.79 Å². The summed E-state index contributed by atoms with van der Waals surface area (Å²) in [6.07, 6.45) is 0.825. The van der Waals surface area contributed by atoms with Crippen LogP contribution in [0.15, 0.2) is 35.0 Å². The predicted octanol–water partition coefficient (Wildman–Crippen LogP) is 4.17. The van der Waals surface area contributed by atoms with E-state index in [1.54, 1.807) is 23.5 Å². The van der Waals surface area contributed by atoms with Crippen molar-refractivity contribution in [1.82, 2.24) is 5.32 Å². The van der Waals surface area contributed by atoms with Crippen molar-refractivity contribution in [3.63, 3.8) is 0 Å². The second-order valence-corrected chi connectivity index (χ2v) is 6.89. The van der Waals surface area contributed by atoms with E-state index in [0.717, 1.165) is 16.5 Å². The summed E-state index contributed by atoms with van der Waals surface area (Å²) in [6.45, 7) is 0.601. The Bertz CT molecular complexity index is 780. The number of nitrogens with one attached hydrogen (secondary N) is 1. The van der Waals surface area contributed by atoms with Gasteiger partial charge in [0.1, 0.15) is 4.88 Å². The van der Waals surface area contributed by atoms with Crippen LogP contribution in [0.4, 0.5) is 5.69 Å². The maximum Gasteiger partial charge on any atom is 0.263 e. The van der Waals surface area contributed by atoms with Gasteiger partial charge in [-0.15, -0.1) is 11.3 Å². The lowest BCUT2D eigenvalue weighted by molar-refractivity contribution is 0.0959. The minimum Gasteiger partial charge on any atom is -0.397 e. The topological polar surface area (TPSA) is 55.1 Å². The average molecular weight is 337 g/mol. The molecule has 0 aliphatic rings. The lowest BCUT2D eigenvalue weighted by Gasteiger charge is -2.03. The Morgan fingerprint density at radius 1 is 1.33 bits per heavy atom. The molecule has 0 radical (unpaired) electrons. The molecule has 0 aliphatic carbocycles. The van der Waals surface area contributed by atoms with Gasteiger partial charge in [-0.1, -0.05) is 11.6 Å². The molecule has 0 fully saturated rings. The van der Waals surface area contributed by atoms with Gasteiger partial charge in [-0.2, -0.15) is 11.3 Å². The molecule has 21 heavy (non-hydrogen) atoms. The van der Waals surface area contributed by atoms with E-state index in [0.29, 0.717) is 22.1 Å². The van der Waals surface area contributed by atoms with Crippen molar-refractivity contribution >= 4 is 56.0 Å². The first-order chi connectivity index (χ1) is 10.1. The number of amides is 1. The van der Waals surface area contributed by atoms with Crippen LogP contribution in [-0.4, -0.2) is 12.5 Å². The van der Waals surface area contributed by atoms with E-state index in [2.05, 4.69) is 16.8 Å². The summed E-state index contributed by atoms with van der Waals surface area (Å²) < 4.78 is 0.972. The summed E-state index contributed by atoms with van der Waals surface area (Å²) in [4.78, 5) is 12.8. The number of hydrogen-bond acceptors (Lipinski definition) is 4. The lowest BCUT2D eigenvalue weighted by atomic mass is 10.2. The molecule has 0 aliphatic heterocycles. The fourth-order valence-electron chi connectivity index (χ4n) is 2.09. The van der Waals surface area contributed by atoms with Crippen molar-refractivity contribution in [1.29, 1.82) is 0 Å². The number of halogens is 1. The number of anilines is 1. The first-order valence-corrected chi connectivity index (χ1v) is 8.55. The van der Waals surface area contributed by atoms with Gasteiger partial charge in [0.2, 0.25) is 0 Å². The maximum atomic E-state index is 12.2. The molecule has 3 nitrogen and oxygen atoms in total. The number of nitrogen functional groups attached to an aromatic ring is 1. The number of carbonyl (C=O) groups excluding carboxylic acids is 1. The molecule has 0 spiro atoms. The van der Waals surface area contributed by atoms with E-state index in [4.69, 9.17) is 17.3 Å². The van der Waals surface area contributed by atoms with Crippen LogP contribution in [0.1, 0.15) is 15.2 Å². The van der Waals surface area contributed by atoms with Gasteiger partial charge >= 0.3 is 0 Å². The molecule has 6 heteroatoms. The Labute approximate surface area is 135 Å². The predicted molar refractivity (Wildman–Crippen MR) is 91.6 cm³/mol. The zero-order chi connectivity index (χ0) is 14.8. The number of rotatable bonds is 4. The van der Waals surface area contributed by atoms with Gasteiger partial charge in [-0.25, -0.2) is 0 Å². The van der Waals surface area contributed by atoms with Crippen LogP contribution in [-0.2, 0) is 6.42 Å². The summed E-state index contributed by atoms with van der Waals surface area (Å²) in [5, 5.41) is 8.50. The van der Waals surface area contributed by atoms with Gasteiger partial charge < -0.3 is 11.1 Å². The smallest absolute Gasteiger partial charge is 0.263 e. The van der Waals surface area contributed by atoms with Crippen molar-refractivity contribution in [2.24, 2.45) is 0 Å². The highest BCUT2D eigenvalue weighted by Crippen LogP contribution is 2.35. The fourth-order valence-corrected chi connectivity index (χ4v) is 3.99. The Hall–Kier alpha value is -1.56. The van der Waals surface area contributed by atoms with Crippen LogP contribution in [0.3, 0.4) is 0 Å². The largest absolute Gasteiger partial charge is 0.397 e. The molecule has 3 aromatic rings. The van der Waals surface area contributed by atoms with Gasteiger partial charge in [0.25, 0.3) is 5.91 Å². The Morgan fingerprint density at radius 3 is 2.95 bits per heavy atom. The molecule has 2 heterocycles. The molecule has 1 amide bonds. The van der Waals surface area contributed by atoms with Gasteiger partial charge in [-0.05, 0) is 47.0 Å². The second-order valence-electron chi connectivity index (χ2n) is 4.62. The van der Waals surface area contributed by atoms with E-state index < -0.39 is 0 Å². The quantitative estimate of drug-likeness (QED) is 0.751. The Morgan fingerprint density at radius 2 is 2.19 bits per heavy atom. The third-order valence-corrected chi connectivity index (χ3v) is 5.33. The summed E-state index contributed by atoms with van der Waals surface area (Å²) in [5.74, 6) is -0.125. The van der Waals surface area contributed by atoms with Crippen LogP contribution in [0, 0.1) is 0 Å². The lowest BCUT2D eigenvalue weighted by Crippen LogP contribution is -2.25. The summed E-state index contributed by atoms with van der Waals surface area (Å²) in [6, 6.07) is 7.55. The molecule has 0 atom stereocenters. The number of benzene rings is 1. The molecule has 3 N–H and O–H groups in total. The normalized spacial score (nSPS) is 10.9. The molecule has 0 bridgehead atoms. The van der Waals surface area contributed by atoms with Gasteiger partial charge in [0.05, 0.1) is 5.69 Å². The summed E-state index contributed by atoms with van der Waals surface area (Å²) in [7, 11) is 0. The van der Waals surface area contributed by atoms with Crippen LogP contribution in [0.25, 0.3) is 10.1 Å². The van der Waals surface area contributed by atoms with Crippen LogP contribution < -0.4 is 11.1 Å². The molecule has 0 saturated carbocycles. The molecule has 2 aromatic heterocycles. The average Bonchev–Trinajstić information content (AvgIpc) is 3.08. The monoisotopic (exact) mass is 336 g/mol. The molecule has 0 unspecified atom stereocenters. The van der Waals surface area contributed by atoms with E-state index in [1.807, 2.05) is 11.4 Å². The Balaban J connectivity index is 1.73. The minimum atomic E-state index is -0.125. The number of hydrogen-bond donors (Lipinski definition) is 2. The zero-order valence-corrected chi connectivity index (χ0v) is 13.4. The van der Waals surface area contributed by atoms with Crippen LogP contribution >= 0.6 is 34.3 Å². The molecular formula is C15H13ClN2OS2. The summed E-state index contributed by atoms with van der Waals surface area (Å²) in [5.41, 5.74) is 7.81. The highest BCUT2D eigenvalue weighted by Gasteiger charge is 2.16. The standard InChI is InChI=1S/C15H13ClN2OS2/c16-10-1-2-12-11(7-10)13(17)14(21-12)15(19)18-5-3-9-4-6-20-8-9/h1-2,4,6-8H,3,5,17H2,(H,18,19). The van der Waals surface area contributed by atoms with Crippen LogP contribution in [0.5, 0.6) is 0 Å². The van der Waals surface area contributed by atoms with Crippen LogP contribution in [0.2, 0.25) is 5.02 Å². The molecule has 0 saturated heterocycles.